The predicted molar refractivity (Wildman–Crippen MR) is 99.9 cm³/mol. The van der Waals surface area contributed by atoms with Gasteiger partial charge in [0.25, 0.3) is 5.91 Å². The summed E-state index contributed by atoms with van der Waals surface area (Å²) < 4.78 is 5.26. The molecule has 25 heavy (non-hydrogen) atoms. The first-order valence-electron chi connectivity index (χ1n) is 7.86. The largest absolute Gasteiger partial charge is 0.495 e. The van der Waals surface area contributed by atoms with Gasteiger partial charge in [-0.25, -0.2) is 0 Å². The van der Waals surface area contributed by atoms with Crippen LogP contribution in [0.2, 0.25) is 0 Å². The van der Waals surface area contributed by atoms with Gasteiger partial charge in [0.2, 0.25) is 5.91 Å². The zero-order valence-corrected chi connectivity index (χ0v) is 14.9. The summed E-state index contributed by atoms with van der Waals surface area (Å²) in [6.45, 7) is 2.00. The quantitative estimate of drug-likeness (QED) is 0.851. The standard InChI is InChI=1S/C20H22N2O3/c1-14-6-5-7-15(12-14)8-11-19(23)21-17-13-16(20(24)22(2)3)9-10-18(17)25-4/h5-13H,1-4H3,(H,21,23)/b11-8+. The Hall–Kier alpha value is -3.08. The number of benzene rings is 2. The zero-order chi connectivity index (χ0) is 18.4. The maximum Gasteiger partial charge on any atom is 0.253 e. The fourth-order valence-corrected chi connectivity index (χ4v) is 2.32. The van der Waals surface area contributed by atoms with Crippen molar-refractivity contribution in [3.63, 3.8) is 0 Å². The van der Waals surface area contributed by atoms with Crippen molar-refractivity contribution in [2.24, 2.45) is 0 Å². The molecule has 0 unspecified atom stereocenters. The number of rotatable bonds is 5. The molecule has 2 aromatic rings. The van der Waals surface area contributed by atoms with Crippen LogP contribution in [0.3, 0.4) is 0 Å². The van der Waals surface area contributed by atoms with Gasteiger partial charge in [-0.15, -0.1) is 0 Å². The van der Waals surface area contributed by atoms with E-state index in [9.17, 15) is 9.59 Å². The molecular formula is C20H22N2O3. The maximum absolute atomic E-state index is 12.2. The number of nitrogens with zero attached hydrogens (tertiary/aromatic N) is 1. The highest BCUT2D eigenvalue weighted by atomic mass is 16.5. The van der Waals surface area contributed by atoms with Gasteiger partial charge in [0.1, 0.15) is 5.75 Å². The number of ether oxygens (including phenoxy) is 1. The van der Waals surface area contributed by atoms with Crippen LogP contribution in [-0.4, -0.2) is 37.9 Å². The second-order valence-electron chi connectivity index (χ2n) is 5.85. The molecule has 0 heterocycles. The van der Waals surface area contributed by atoms with E-state index in [2.05, 4.69) is 5.32 Å². The summed E-state index contributed by atoms with van der Waals surface area (Å²) in [7, 11) is 4.87. The Morgan fingerprint density at radius 2 is 1.88 bits per heavy atom. The molecule has 0 spiro atoms. The first kappa shape index (κ1) is 18.3. The van der Waals surface area contributed by atoms with Crippen molar-refractivity contribution < 1.29 is 14.3 Å². The number of carbonyl (C=O) groups is 2. The van der Waals surface area contributed by atoms with Crippen molar-refractivity contribution in [1.29, 1.82) is 0 Å². The summed E-state index contributed by atoms with van der Waals surface area (Å²) in [4.78, 5) is 25.8. The van der Waals surface area contributed by atoms with Gasteiger partial charge in [-0.2, -0.15) is 0 Å². The van der Waals surface area contributed by atoms with Crippen LogP contribution in [0.5, 0.6) is 5.75 Å². The third-order valence-corrected chi connectivity index (χ3v) is 3.58. The number of anilines is 1. The molecule has 0 saturated carbocycles. The Labute approximate surface area is 147 Å². The molecule has 5 heteroatoms. The van der Waals surface area contributed by atoms with E-state index < -0.39 is 0 Å². The smallest absolute Gasteiger partial charge is 0.253 e. The van der Waals surface area contributed by atoms with E-state index in [1.54, 1.807) is 38.4 Å². The van der Waals surface area contributed by atoms with Gasteiger partial charge in [0.15, 0.2) is 0 Å². The summed E-state index contributed by atoms with van der Waals surface area (Å²) >= 11 is 0. The van der Waals surface area contributed by atoms with Crippen LogP contribution in [-0.2, 0) is 4.79 Å². The van der Waals surface area contributed by atoms with Crippen molar-refractivity contribution in [3.05, 3.63) is 65.2 Å². The van der Waals surface area contributed by atoms with Crippen LogP contribution in [0.25, 0.3) is 6.08 Å². The molecule has 0 atom stereocenters. The molecular weight excluding hydrogens is 316 g/mol. The fourth-order valence-electron chi connectivity index (χ4n) is 2.32. The van der Waals surface area contributed by atoms with E-state index >= 15 is 0 Å². The van der Waals surface area contributed by atoms with Crippen molar-refractivity contribution >= 4 is 23.6 Å². The van der Waals surface area contributed by atoms with Crippen LogP contribution >= 0.6 is 0 Å². The van der Waals surface area contributed by atoms with E-state index in [0.717, 1.165) is 11.1 Å². The molecule has 0 aliphatic carbocycles. The minimum absolute atomic E-state index is 0.145. The highest BCUT2D eigenvalue weighted by Gasteiger charge is 2.12. The third kappa shape index (κ3) is 4.94. The molecule has 5 nitrogen and oxygen atoms in total. The minimum atomic E-state index is -0.297. The fraction of sp³-hybridized carbons (Fsp3) is 0.200. The lowest BCUT2D eigenvalue weighted by Gasteiger charge is -2.14. The third-order valence-electron chi connectivity index (χ3n) is 3.58. The van der Waals surface area contributed by atoms with Crippen LogP contribution in [0.1, 0.15) is 21.5 Å². The number of aryl methyl sites for hydroxylation is 1. The second kappa shape index (κ2) is 8.15. The van der Waals surface area contributed by atoms with Crippen molar-refractivity contribution in [2.75, 3.05) is 26.5 Å². The van der Waals surface area contributed by atoms with Crippen molar-refractivity contribution in [1.82, 2.24) is 4.90 Å². The average Bonchev–Trinajstić information content (AvgIpc) is 2.59. The van der Waals surface area contributed by atoms with Crippen molar-refractivity contribution in [2.45, 2.75) is 6.92 Å². The normalized spacial score (nSPS) is 10.6. The minimum Gasteiger partial charge on any atom is -0.495 e. The Bertz CT molecular complexity index is 810. The lowest BCUT2D eigenvalue weighted by molar-refractivity contribution is -0.111. The molecule has 0 aliphatic heterocycles. The summed E-state index contributed by atoms with van der Waals surface area (Å²) in [5.41, 5.74) is 3.00. The molecule has 2 aromatic carbocycles. The molecule has 2 rings (SSSR count). The summed E-state index contributed by atoms with van der Waals surface area (Å²) in [6, 6.07) is 12.8. The molecule has 0 fully saturated rings. The first-order valence-corrected chi connectivity index (χ1v) is 7.86. The second-order valence-corrected chi connectivity index (χ2v) is 5.85. The molecule has 0 aliphatic rings. The van der Waals surface area contributed by atoms with Gasteiger partial charge in [-0.3, -0.25) is 9.59 Å². The van der Waals surface area contributed by atoms with Crippen LogP contribution < -0.4 is 10.1 Å². The maximum atomic E-state index is 12.2. The van der Waals surface area contributed by atoms with Gasteiger partial charge < -0.3 is 15.0 Å². The van der Waals surface area contributed by atoms with Crippen LogP contribution in [0, 0.1) is 6.92 Å². The number of amides is 2. The van der Waals surface area contributed by atoms with E-state index in [1.165, 1.54) is 18.1 Å². The lowest BCUT2D eigenvalue weighted by Crippen LogP contribution is -2.22. The van der Waals surface area contributed by atoms with E-state index in [0.29, 0.717) is 17.0 Å². The van der Waals surface area contributed by atoms with E-state index in [4.69, 9.17) is 4.74 Å². The number of nitrogens with one attached hydrogen (secondary N) is 1. The number of carbonyl (C=O) groups excluding carboxylic acids is 2. The van der Waals surface area contributed by atoms with E-state index in [-0.39, 0.29) is 11.8 Å². The van der Waals surface area contributed by atoms with Gasteiger partial charge in [-0.1, -0.05) is 29.8 Å². The van der Waals surface area contributed by atoms with Gasteiger partial charge in [0, 0.05) is 25.7 Å². The first-order chi connectivity index (χ1) is 11.9. The van der Waals surface area contributed by atoms with Crippen LogP contribution in [0.15, 0.2) is 48.5 Å². The highest BCUT2D eigenvalue weighted by Crippen LogP contribution is 2.26. The van der Waals surface area contributed by atoms with E-state index in [1.807, 2.05) is 31.2 Å². The monoisotopic (exact) mass is 338 g/mol. The average molecular weight is 338 g/mol. The molecule has 130 valence electrons. The van der Waals surface area contributed by atoms with Crippen LogP contribution in [0.4, 0.5) is 5.69 Å². The predicted octanol–water partition coefficient (Wildman–Crippen LogP) is 3.36. The Balaban J connectivity index is 2.18. The van der Waals surface area contributed by atoms with Gasteiger partial charge in [0.05, 0.1) is 12.8 Å². The molecule has 0 bridgehead atoms. The number of hydrogen-bond donors (Lipinski definition) is 1. The summed E-state index contributed by atoms with van der Waals surface area (Å²) in [5.74, 6) is 0.0512. The molecule has 0 saturated heterocycles. The zero-order valence-electron chi connectivity index (χ0n) is 14.9. The SMILES string of the molecule is COc1ccc(C(=O)N(C)C)cc1NC(=O)/C=C/c1cccc(C)c1. The number of methoxy groups -OCH3 is 1. The Kier molecular flexibility index (Phi) is 5.95. The summed E-state index contributed by atoms with van der Waals surface area (Å²) in [6.07, 6.45) is 3.19. The molecule has 0 radical (unpaired) electrons. The van der Waals surface area contributed by atoms with Crippen molar-refractivity contribution in [3.8, 4) is 5.75 Å². The number of hydrogen-bond acceptors (Lipinski definition) is 3. The molecule has 2 amide bonds. The lowest BCUT2D eigenvalue weighted by atomic mass is 10.1. The summed E-state index contributed by atoms with van der Waals surface area (Å²) in [5, 5.41) is 2.76. The Morgan fingerprint density at radius 1 is 1.12 bits per heavy atom. The van der Waals surface area contributed by atoms with Gasteiger partial charge in [-0.05, 0) is 36.8 Å². The molecule has 1 N–H and O–H groups in total. The topological polar surface area (TPSA) is 58.6 Å². The van der Waals surface area contributed by atoms with Gasteiger partial charge >= 0.3 is 0 Å². The highest BCUT2D eigenvalue weighted by molar-refractivity contribution is 6.04. The Morgan fingerprint density at radius 3 is 2.52 bits per heavy atom. The molecule has 0 aromatic heterocycles.